The SMILES string of the molecule is C=C(Cl)CNS(=O)(=O)c1cc(C)c(F)c([N+](=O)[O-])c1. The molecule has 0 spiro atoms. The zero-order valence-corrected chi connectivity index (χ0v) is 11.4. The van der Waals surface area contributed by atoms with Gasteiger partial charge in [-0.2, -0.15) is 4.39 Å². The van der Waals surface area contributed by atoms with E-state index >= 15 is 0 Å². The van der Waals surface area contributed by atoms with E-state index in [0.29, 0.717) is 6.07 Å². The molecule has 1 N–H and O–H groups in total. The topological polar surface area (TPSA) is 89.3 Å². The fraction of sp³-hybridized carbons (Fsp3) is 0.200. The lowest BCUT2D eigenvalue weighted by Crippen LogP contribution is -2.25. The lowest BCUT2D eigenvalue weighted by Gasteiger charge is -2.07. The fourth-order valence-corrected chi connectivity index (χ4v) is 2.54. The summed E-state index contributed by atoms with van der Waals surface area (Å²) in [4.78, 5) is 9.24. The molecule has 0 heterocycles. The first-order chi connectivity index (χ1) is 8.65. The van der Waals surface area contributed by atoms with Crippen molar-refractivity contribution in [2.45, 2.75) is 11.8 Å². The maximum atomic E-state index is 13.4. The molecule has 0 unspecified atom stereocenters. The number of benzene rings is 1. The number of nitrogens with zero attached hydrogens (tertiary/aromatic N) is 1. The summed E-state index contributed by atoms with van der Waals surface area (Å²) < 4.78 is 39.2. The summed E-state index contributed by atoms with van der Waals surface area (Å²) in [5.41, 5.74) is -1.04. The van der Waals surface area contributed by atoms with E-state index in [2.05, 4.69) is 11.3 Å². The Labute approximate surface area is 114 Å². The number of sulfonamides is 1. The highest BCUT2D eigenvalue weighted by Gasteiger charge is 2.23. The Morgan fingerprint density at radius 2 is 2.16 bits per heavy atom. The second kappa shape index (κ2) is 5.64. The van der Waals surface area contributed by atoms with Crippen molar-refractivity contribution < 1.29 is 17.7 Å². The first kappa shape index (κ1) is 15.5. The Morgan fingerprint density at radius 3 is 2.63 bits per heavy atom. The molecule has 0 aliphatic carbocycles. The Kier molecular flexibility index (Phi) is 4.61. The van der Waals surface area contributed by atoms with Crippen LogP contribution in [0.1, 0.15) is 5.56 Å². The van der Waals surface area contributed by atoms with Crippen LogP contribution in [0, 0.1) is 22.9 Å². The monoisotopic (exact) mass is 308 g/mol. The van der Waals surface area contributed by atoms with Gasteiger partial charge in [-0.25, -0.2) is 13.1 Å². The molecule has 19 heavy (non-hydrogen) atoms. The van der Waals surface area contributed by atoms with Gasteiger partial charge >= 0.3 is 5.69 Å². The molecule has 0 fully saturated rings. The summed E-state index contributed by atoms with van der Waals surface area (Å²) in [7, 11) is -4.02. The third-order valence-electron chi connectivity index (χ3n) is 2.17. The largest absolute Gasteiger partial charge is 0.306 e. The molecule has 0 aliphatic rings. The number of hydrogen-bond donors (Lipinski definition) is 1. The molecule has 9 heteroatoms. The van der Waals surface area contributed by atoms with Crippen molar-refractivity contribution in [3.8, 4) is 0 Å². The maximum Gasteiger partial charge on any atom is 0.306 e. The van der Waals surface area contributed by atoms with Crippen molar-refractivity contribution in [2.24, 2.45) is 0 Å². The van der Waals surface area contributed by atoms with Crippen LogP contribution in [0.15, 0.2) is 28.6 Å². The summed E-state index contributed by atoms with van der Waals surface area (Å²) in [6.07, 6.45) is 0. The predicted octanol–water partition coefficient (Wildman–Crippen LogP) is 2.07. The number of nitrogens with one attached hydrogen (secondary N) is 1. The van der Waals surface area contributed by atoms with E-state index in [1.54, 1.807) is 0 Å². The average molecular weight is 309 g/mol. The smallest absolute Gasteiger partial charge is 0.258 e. The minimum Gasteiger partial charge on any atom is -0.258 e. The minimum atomic E-state index is -4.02. The highest BCUT2D eigenvalue weighted by molar-refractivity contribution is 7.89. The van der Waals surface area contributed by atoms with Crippen LogP contribution in [0.3, 0.4) is 0 Å². The summed E-state index contributed by atoms with van der Waals surface area (Å²) in [5, 5.41) is 10.7. The molecule has 0 saturated carbocycles. The van der Waals surface area contributed by atoms with E-state index in [9.17, 15) is 22.9 Å². The standard InChI is InChI=1S/C10H10ClFN2O4S/c1-6-3-8(4-9(10(6)12)14(15)16)19(17,18)13-5-7(2)11/h3-4,13H,2,5H2,1H3. The van der Waals surface area contributed by atoms with Gasteiger partial charge < -0.3 is 0 Å². The van der Waals surface area contributed by atoms with Gasteiger partial charge in [-0.15, -0.1) is 0 Å². The van der Waals surface area contributed by atoms with Crippen molar-refractivity contribution in [1.29, 1.82) is 0 Å². The molecule has 1 rings (SSSR count). The number of halogens is 2. The fourth-order valence-electron chi connectivity index (χ4n) is 1.26. The van der Waals surface area contributed by atoms with Crippen molar-refractivity contribution in [2.75, 3.05) is 6.54 Å². The molecule has 0 saturated heterocycles. The van der Waals surface area contributed by atoms with E-state index in [4.69, 9.17) is 11.6 Å². The Morgan fingerprint density at radius 1 is 1.58 bits per heavy atom. The van der Waals surface area contributed by atoms with Crippen LogP contribution in [0.4, 0.5) is 10.1 Å². The van der Waals surface area contributed by atoms with Gasteiger partial charge in [0, 0.05) is 17.6 Å². The zero-order chi connectivity index (χ0) is 14.8. The van der Waals surface area contributed by atoms with Crippen LogP contribution >= 0.6 is 11.6 Å². The Hall–Kier alpha value is -1.51. The first-order valence-electron chi connectivity index (χ1n) is 4.92. The van der Waals surface area contributed by atoms with E-state index in [1.165, 1.54) is 6.92 Å². The van der Waals surface area contributed by atoms with Crippen LogP contribution in [-0.4, -0.2) is 19.9 Å². The summed E-state index contributed by atoms with van der Waals surface area (Å²) in [6, 6.07) is 1.66. The highest BCUT2D eigenvalue weighted by Crippen LogP contribution is 2.25. The molecule has 0 aliphatic heterocycles. The number of aryl methyl sites for hydroxylation is 1. The normalized spacial score (nSPS) is 11.3. The second-order valence-electron chi connectivity index (χ2n) is 3.67. The number of hydrogen-bond acceptors (Lipinski definition) is 4. The molecule has 1 aromatic rings. The number of nitro groups is 1. The van der Waals surface area contributed by atoms with E-state index < -0.39 is 31.3 Å². The van der Waals surface area contributed by atoms with Crippen molar-refractivity contribution in [3.05, 3.63) is 45.2 Å². The maximum absolute atomic E-state index is 13.4. The van der Waals surface area contributed by atoms with Gasteiger partial charge in [0.25, 0.3) is 0 Å². The van der Waals surface area contributed by atoms with Gasteiger partial charge in [0.1, 0.15) is 0 Å². The molecule has 0 amide bonds. The van der Waals surface area contributed by atoms with Crippen LogP contribution < -0.4 is 4.72 Å². The van der Waals surface area contributed by atoms with Gasteiger partial charge in [0.05, 0.1) is 9.82 Å². The molecule has 0 aromatic heterocycles. The minimum absolute atomic E-state index is 0.0527. The quantitative estimate of drug-likeness (QED) is 0.666. The van der Waals surface area contributed by atoms with Gasteiger partial charge in [-0.05, 0) is 18.6 Å². The third-order valence-corrected chi connectivity index (χ3v) is 3.68. The van der Waals surface area contributed by atoms with Gasteiger partial charge in [-0.1, -0.05) is 18.2 Å². The van der Waals surface area contributed by atoms with Gasteiger partial charge in [-0.3, -0.25) is 10.1 Å². The van der Waals surface area contributed by atoms with Gasteiger partial charge in [0.15, 0.2) is 0 Å². The number of rotatable bonds is 5. The molecular weight excluding hydrogens is 299 g/mol. The Balaban J connectivity index is 3.28. The van der Waals surface area contributed by atoms with Crippen molar-refractivity contribution in [1.82, 2.24) is 4.72 Å². The number of nitro benzene ring substituents is 1. The van der Waals surface area contributed by atoms with E-state index in [0.717, 1.165) is 6.07 Å². The highest BCUT2D eigenvalue weighted by atomic mass is 35.5. The molecular formula is C10H10ClFN2O4S. The lowest BCUT2D eigenvalue weighted by molar-refractivity contribution is -0.387. The van der Waals surface area contributed by atoms with Crippen LogP contribution in [0.25, 0.3) is 0 Å². The summed E-state index contributed by atoms with van der Waals surface area (Å²) >= 11 is 5.42. The molecule has 1 aromatic carbocycles. The third kappa shape index (κ3) is 3.72. The molecule has 104 valence electrons. The first-order valence-corrected chi connectivity index (χ1v) is 6.78. The summed E-state index contributed by atoms with van der Waals surface area (Å²) in [5.74, 6) is -1.06. The van der Waals surface area contributed by atoms with Crippen LogP contribution in [0.5, 0.6) is 0 Å². The zero-order valence-electron chi connectivity index (χ0n) is 9.81. The van der Waals surface area contributed by atoms with Crippen LogP contribution in [0.2, 0.25) is 0 Å². The summed E-state index contributed by atoms with van der Waals surface area (Å²) in [6.45, 7) is 4.31. The van der Waals surface area contributed by atoms with E-state index in [-0.39, 0.29) is 17.1 Å². The molecule has 0 atom stereocenters. The van der Waals surface area contributed by atoms with Crippen molar-refractivity contribution >= 4 is 27.3 Å². The molecule has 0 radical (unpaired) electrons. The Bertz CT molecular complexity index is 645. The van der Waals surface area contributed by atoms with Gasteiger partial charge in [0.2, 0.25) is 15.8 Å². The second-order valence-corrected chi connectivity index (χ2v) is 5.97. The average Bonchev–Trinajstić information content (AvgIpc) is 2.29. The van der Waals surface area contributed by atoms with Crippen LogP contribution in [-0.2, 0) is 10.0 Å². The van der Waals surface area contributed by atoms with Crippen molar-refractivity contribution in [3.63, 3.8) is 0 Å². The molecule has 6 nitrogen and oxygen atoms in total. The van der Waals surface area contributed by atoms with E-state index in [1.807, 2.05) is 0 Å². The predicted molar refractivity (Wildman–Crippen MR) is 68.0 cm³/mol. The molecule has 0 bridgehead atoms. The lowest BCUT2D eigenvalue weighted by atomic mass is 10.2.